The van der Waals surface area contributed by atoms with Crippen LogP contribution in [0.4, 0.5) is 0 Å². The number of hydrogen-bond donors (Lipinski definition) is 2. The van der Waals surface area contributed by atoms with E-state index >= 15 is 0 Å². The first-order chi connectivity index (χ1) is 8.56. The molecular formula is C11H8Cl2N2O2S. The third-order valence-electron chi connectivity index (χ3n) is 2.12. The highest BCUT2D eigenvalue weighted by atomic mass is 35.5. The molecule has 0 radical (unpaired) electrons. The lowest BCUT2D eigenvalue weighted by Crippen LogP contribution is -1.97. The normalized spacial score (nSPS) is 10.6. The van der Waals surface area contributed by atoms with Gasteiger partial charge in [-0.3, -0.25) is 4.79 Å². The Morgan fingerprint density at radius 2 is 2.17 bits per heavy atom. The number of carboxylic acids is 1. The molecule has 2 rings (SSSR count). The molecule has 4 nitrogen and oxygen atoms in total. The molecule has 0 fully saturated rings. The Hall–Kier alpha value is -1.17. The second-order valence-corrected chi connectivity index (χ2v) is 5.19. The average molecular weight is 303 g/mol. The Bertz CT molecular complexity index is 586. The number of imidazole rings is 1. The maximum absolute atomic E-state index is 10.4. The fourth-order valence-corrected chi connectivity index (χ4v) is 2.18. The predicted molar refractivity (Wildman–Crippen MR) is 72.4 cm³/mol. The van der Waals surface area contributed by atoms with Crippen LogP contribution in [0.15, 0.2) is 29.6 Å². The largest absolute Gasteiger partial charge is 0.481 e. The number of halogens is 2. The van der Waals surface area contributed by atoms with Gasteiger partial charge in [-0.05, 0) is 12.1 Å². The van der Waals surface area contributed by atoms with Crippen molar-refractivity contribution in [2.45, 2.75) is 5.16 Å². The Morgan fingerprint density at radius 1 is 1.39 bits per heavy atom. The molecule has 0 atom stereocenters. The van der Waals surface area contributed by atoms with Crippen molar-refractivity contribution in [2.75, 3.05) is 5.75 Å². The number of aromatic amines is 1. The molecule has 0 aliphatic carbocycles. The van der Waals surface area contributed by atoms with Gasteiger partial charge in [-0.1, -0.05) is 41.0 Å². The highest BCUT2D eigenvalue weighted by Gasteiger charge is 2.07. The summed E-state index contributed by atoms with van der Waals surface area (Å²) in [6.07, 6.45) is 1.63. The van der Waals surface area contributed by atoms with E-state index in [1.54, 1.807) is 18.3 Å². The van der Waals surface area contributed by atoms with Gasteiger partial charge >= 0.3 is 5.97 Å². The van der Waals surface area contributed by atoms with Crippen LogP contribution in [0.5, 0.6) is 0 Å². The topological polar surface area (TPSA) is 66.0 Å². The van der Waals surface area contributed by atoms with E-state index in [1.807, 2.05) is 6.07 Å². The molecule has 1 aromatic heterocycles. The molecule has 1 aromatic carbocycles. The molecule has 1 heterocycles. The SMILES string of the molecule is O=C(O)CSc1ncc(-c2ccc(Cl)c(Cl)c2)[nH]1. The van der Waals surface area contributed by atoms with E-state index < -0.39 is 5.97 Å². The summed E-state index contributed by atoms with van der Waals surface area (Å²) in [5.74, 6) is -0.915. The lowest BCUT2D eigenvalue weighted by molar-refractivity contribution is -0.133. The smallest absolute Gasteiger partial charge is 0.313 e. The van der Waals surface area contributed by atoms with Gasteiger partial charge in [-0.15, -0.1) is 0 Å². The van der Waals surface area contributed by atoms with Crippen LogP contribution in [-0.4, -0.2) is 26.8 Å². The molecule has 0 spiro atoms. The third-order valence-corrected chi connectivity index (χ3v) is 3.73. The molecule has 0 saturated heterocycles. The van der Waals surface area contributed by atoms with Gasteiger partial charge in [0.2, 0.25) is 0 Å². The van der Waals surface area contributed by atoms with Crippen LogP contribution < -0.4 is 0 Å². The van der Waals surface area contributed by atoms with E-state index in [9.17, 15) is 4.79 Å². The summed E-state index contributed by atoms with van der Waals surface area (Å²) in [5.41, 5.74) is 1.61. The van der Waals surface area contributed by atoms with Crippen molar-refractivity contribution in [1.29, 1.82) is 0 Å². The van der Waals surface area contributed by atoms with Crippen LogP contribution >= 0.6 is 35.0 Å². The molecule has 18 heavy (non-hydrogen) atoms. The number of benzene rings is 1. The minimum absolute atomic E-state index is 0.0334. The number of aromatic nitrogens is 2. The minimum atomic E-state index is -0.882. The van der Waals surface area contributed by atoms with E-state index in [-0.39, 0.29) is 5.75 Å². The zero-order valence-electron chi connectivity index (χ0n) is 8.98. The molecule has 0 aliphatic rings. The van der Waals surface area contributed by atoms with Gasteiger partial charge in [0, 0.05) is 5.56 Å². The second-order valence-electron chi connectivity index (χ2n) is 3.41. The summed E-state index contributed by atoms with van der Waals surface area (Å²) in [4.78, 5) is 17.5. The van der Waals surface area contributed by atoms with Crippen molar-refractivity contribution in [1.82, 2.24) is 9.97 Å². The summed E-state index contributed by atoms with van der Waals surface area (Å²) in [7, 11) is 0. The summed E-state index contributed by atoms with van der Waals surface area (Å²) < 4.78 is 0. The number of nitrogens with one attached hydrogen (secondary N) is 1. The van der Waals surface area contributed by atoms with Gasteiger partial charge in [-0.25, -0.2) is 4.98 Å². The van der Waals surface area contributed by atoms with Crippen molar-refractivity contribution in [3.05, 3.63) is 34.4 Å². The fraction of sp³-hybridized carbons (Fsp3) is 0.0909. The number of carbonyl (C=O) groups is 1. The van der Waals surface area contributed by atoms with Crippen LogP contribution in [-0.2, 0) is 4.79 Å². The van der Waals surface area contributed by atoms with Gasteiger partial charge in [0.25, 0.3) is 0 Å². The van der Waals surface area contributed by atoms with Gasteiger partial charge in [0.15, 0.2) is 5.16 Å². The number of H-pyrrole nitrogens is 1. The van der Waals surface area contributed by atoms with E-state index in [4.69, 9.17) is 28.3 Å². The third kappa shape index (κ3) is 3.19. The Balaban J connectivity index is 2.18. The first kappa shape index (κ1) is 13.3. The Labute approximate surface area is 117 Å². The molecule has 0 unspecified atom stereocenters. The highest BCUT2D eigenvalue weighted by Crippen LogP contribution is 2.28. The summed E-state index contributed by atoms with van der Waals surface area (Å²) >= 11 is 12.9. The molecule has 94 valence electrons. The Kier molecular flexibility index (Phi) is 4.16. The minimum Gasteiger partial charge on any atom is -0.481 e. The van der Waals surface area contributed by atoms with Crippen LogP contribution in [0.1, 0.15) is 0 Å². The number of carboxylic acid groups (broad SMARTS) is 1. The van der Waals surface area contributed by atoms with Crippen molar-refractivity contribution < 1.29 is 9.90 Å². The first-order valence-electron chi connectivity index (χ1n) is 4.91. The second kappa shape index (κ2) is 5.65. The van der Waals surface area contributed by atoms with Gasteiger partial charge in [-0.2, -0.15) is 0 Å². The molecule has 2 N–H and O–H groups in total. The monoisotopic (exact) mass is 302 g/mol. The molecule has 0 amide bonds. The van der Waals surface area contributed by atoms with Gasteiger partial charge in [0.1, 0.15) is 0 Å². The van der Waals surface area contributed by atoms with E-state index in [0.29, 0.717) is 15.2 Å². The average Bonchev–Trinajstić information content (AvgIpc) is 2.79. The standard InChI is InChI=1S/C11H8Cl2N2O2S/c12-7-2-1-6(3-8(7)13)9-4-14-11(15-9)18-5-10(16)17/h1-4H,5H2,(H,14,15)(H,16,17). The number of thioether (sulfide) groups is 1. The molecule has 0 saturated carbocycles. The molecule has 0 aliphatic heterocycles. The number of nitrogens with zero attached hydrogens (tertiary/aromatic N) is 1. The van der Waals surface area contributed by atoms with Crippen LogP contribution in [0.2, 0.25) is 10.0 Å². The van der Waals surface area contributed by atoms with Crippen molar-refractivity contribution in [3.63, 3.8) is 0 Å². The molecule has 2 aromatic rings. The molecule has 7 heteroatoms. The number of aliphatic carboxylic acids is 1. The van der Waals surface area contributed by atoms with Gasteiger partial charge in [0.05, 0.1) is 27.7 Å². The van der Waals surface area contributed by atoms with Crippen molar-refractivity contribution >= 4 is 40.9 Å². The Morgan fingerprint density at radius 3 is 2.83 bits per heavy atom. The quantitative estimate of drug-likeness (QED) is 0.848. The van der Waals surface area contributed by atoms with Crippen LogP contribution in [0.3, 0.4) is 0 Å². The summed E-state index contributed by atoms with van der Waals surface area (Å²) in [6, 6.07) is 5.24. The highest BCUT2D eigenvalue weighted by molar-refractivity contribution is 7.99. The lowest BCUT2D eigenvalue weighted by Gasteiger charge is -2.00. The first-order valence-corrected chi connectivity index (χ1v) is 6.65. The summed E-state index contributed by atoms with van der Waals surface area (Å²) in [5, 5.41) is 10.1. The van der Waals surface area contributed by atoms with Crippen LogP contribution in [0, 0.1) is 0 Å². The number of rotatable bonds is 4. The number of hydrogen-bond acceptors (Lipinski definition) is 3. The zero-order valence-corrected chi connectivity index (χ0v) is 11.3. The van der Waals surface area contributed by atoms with E-state index in [0.717, 1.165) is 23.0 Å². The lowest BCUT2D eigenvalue weighted by atomic mass is 10.2. The fourth-order valence-electron chi connectivity index (χ4n) is 1.32. The van der Waals surface area contributed by atoms with Crippen LogP contribution in [0.25, 0.3) is 11.3 Å². The zero-order chi connectivity index (χ0) is 13.1. The van der Waals surface area contributed by atoms with E-state index in [1.165, 1.54) is 0 Å². The van der Waals surface area contributed by atoms with E-state index in [2.05, 4.69) is 9.97 Å². The van der Waals surface area contributed by atoms with Crippen molar-refractivity contribution in [3.8, 4) is 11.3 Å². The van der Waals surface area contributed by atoms with Crippen molar-refractivity contribution in [2.24, 2.45) is 0 Å². The molecular weight excluding hydrogens is 295 g/mol. The maximum atomic E-state index is 10.4. The predicted octanol–water partition coefficient (Wildman–Crippen LogP) is 3.56. The van der Waals surface area contributed by atoms with Gasteiger partial charge < -0.3 is 10.1 Å². The summed E-state index contributed by atoms with van der Waals surface area (Å²) in [6.45, 7) is 0. The maximum Gasteiger partial charge on any atom is 0.313 e. The molecule has 0 bridgehead atoms.